The van der Waals surface area contributed by atoms with E-state index in [1.165, 1.54) is 16.3 Å². The predicted octanol–water partition coefficient (Wildman–Crippen LogP) is 3.65. The summed E-state index contributed by atoms with van der Waals surface area (Å²) in [6, 6.07) is 22.4. The summed E-state index contributed by atoms with van der Waals surface area (Å²) in [5.74, 6) is 0.367. The Labute approximate surface area is 158 Å². The lowest BCUT2D eigenvalue weighted by Crippen LogP contribution is -2.45. The molecule has 136 valence electrons. The quantitative estimate of drug-likeness (QED) is 0.669. The van der Waals surface area contributed by atoms with Gasteiger partial charge < -0.3 is 15.7 Å². The van der Waals surface area contributed by atoms with Crippen LogP contribution in [0, 0.1) is 0 Å². The molecular formula is C23H22N2O2. The van der Waals surface area contributed by atoms with Gasteiger partial charge >= 0.3 is 6.03 Å². The van der Waals surface area contributed by atoms with Crippen molar-refractivity contribution in [1.82, 2.24) is 10.6 Å². The molecule has 3 aromatic rings. The summed E-state index contributed by atoms with van der Waals surface area (Å²) in [6.45, 7) is 0. The summed E-state index contributed by atoms with van der Waals surface area (Å²) in [5.41, 5.74) is 3.30. The van der Waals surface area contributed by atoms with Crippen molar-refractivity contribution in [1.29, 1.82) is 0 Å². The standard InChI is InChI=1S/C23H22N2O2/c26-22-18-8-4-3-7-16(18)12-21(22)25-23(27)24-20-13-19(20)17-10-9-14-5-1-2-6-15(14)11-17/h1-11,19-22,26H,12-13H2,(H2,24,25,27)/t19-,20+,21-,22-/m0/s1. The zero-order valence-corrected chi connectivity index (χ0v) is 14.9. The van der Waals surface area contributed by atoms with E-state index in [9.17, 15) is 9.90 Å². The SMILES string of the molecule is O=C(N[C@H]1Cc2ccccc2[C@@H]1O)N[C@@H]1C[C@H]1c1ccc2ccccc2c1. The van der Waals surface area contributed by atoms with Gasteiger partial charge in [-0.2, -0.15) is 0 Å². The third-order valence-electron chi connectivity index (χ3n) is 5.82. The fourth-order valence-corrected chi connectivity index (χ4v) is 4.24. The summed E-state index contributed by atoms with van der Waals surface area (Å²) in [5, 5.41) is 18.9. The maximum Gasteiger partial charge on any atom is 0.315 e. The van der Waals surface area contributed by atoms with Crippen molar-refractivity contribution < 1.29 is 9.90 Å². The Morgan fingerprint density at radius 1 is 0.889 bits per heavy atom. The van der Waals surface area contributed by atoms with Gasteiger partial charge in [0.05, 0.1) is 12.1 Å². The number of fused-ring (bicyclic) bond motifs is 2. The maximum atomic E-state index is 12.4. The Hall–Kier alpha value is -2.85. The van der Waals surface area contributed by atoms with Crippen LogP contribution in [-0.2, 0) is 6.42 Å². The van der Waals surface area contributed by atoms with Crippen molar-refractivity contribution >= 4 is 16.8 Å². The highest BCUT2D eigenvalue weighted by Gasteiger charge is 2.40. The molecule has 0 radical (unpaired) electrons. The first-order chi connectivity index (χ1) is 13.2. The summed E-state index contributed by atoms with van der Waals surface area (Å²) >= 11 is 0. The molecule has 2 amide bonds. The smallest absolute Gasteiger partial charge is 0.315 e. The minimum Gasteiger partial charge on any atom is -0.386 e. The predicted molar refractivity (Wildman–Crippen MR) is 106 cm³/mol. The molecule has 0 spiro atoms. The van der Waals surface area contributed by atoms with Crippen LogP contribution in [0.1, 0.15) is 35.1 Å². The van der Waals surface area contributed by atoms with Crippen LogP contribution >= 0.6 is 0 Å². The van der Waals surface area contributed by atoms with Gasteiger partial charge in [-0.15, -0.1) is 0 Å². The number of hydrogen-bond donors (Lipinski definition) is 3. The first-order valence-electron chi connectivity index (χ1n) is 9.50. The Kier molecular flexibility index (Phi) is 3.87. The van der Waals surface area contributed by atoms with Crippen molar-refractivity contribution in [2.75, 3.05) is 0 Å². The average Bonchev–Trinajstić information content (AvgIpc) is 3.38. The Morgan fingerprint density at radius 2 is 1.63 bits per heavy atom. The van der Waals surface area contributed by atoms with E-state index in [0.29, 0.717) is 12.3 Å². The van der Waals surface area contributed by atoms with E-state index >= 15 is 0 Å². The molecule has 0 bridgehead atoms. The number of aliphatic hydroxyl groups is 1. The normalized spacial score (nSPS) is 25.8. The zero-order chi connectivity index (χ0) is 18.4. The Balaban J connectivity index is 1.20. The van der Waals surface area contributed by atoms with Gasteiger partial charge in [0.15, 0.2) is 0 Å². The van der Waals surface area contributed by atoms with Crippen LogP contribution in [0.4, 0.5) is 4.79 Å². The number of benzene rings is 3. The second-order valence-electron chi connectivity index (χ2n) is 7.63. The molecule has 1 saturated carbocycles. The molecule has 0 heterocycles. The summed E-state index contributed by atoms with van der Waals surface area (Å²) in [7, 11) is 0. The zero-order valence-electron chi connectivity index (χ0n) is 14.9. The van der Waals surface area contributed by atoms with Crippen LogP contribution in [0.3, 0.4) is 0 Å². The summed E-state index contributed by atoms with van der Waals surface area (Å²) < 4.78 is 0. The topological polar surface area (TPSA) is 61.4 Å². The number of rotatable bonds is 3. The number of hydrogen-bond acceptors (Lipinski definition) is 2. The van der Waals surface area contributed by atoms with E-state index < -0.39 is 6.10 Å². The number of carbonyl (C=O) groups excluding carboxylic acids is 1. The van der Waals surface area contributed by atoms with Gasteiger partial charge in [0.25, 0.3) is 0 Å². The van der Waals surface area contributed by atoms with Crippen LogP contribution in [-0.4, -0.2) is 23.2 Å². The Morgan fingerprint density at radius 3 is 2.48 bits per heavy atom. The molecule has 1 fully saturated rings. The first kappa shape index (κ1) is 16.3. The molecule has 0 aliphatic heterocycles. The van der Waals surface area contributed by atoms with E-state index in [1.54, 1.807) is 0 Å². The number of aliphatic hydroxyl groups excluding tert-OH is 1. The first-order valence-corrected chi connectivity index (χ1v) is 9.50. The molecule has 3 aromatic carbocycles. The van der Waals surface area contributed by atoms with Crippen LogP contribution in [0.5, 0.6) is 0 Å². The lowest BCUT2D eigenvalue weighted by Gasteiger charge is -2.17. The number of urea groups is 1. The van der Waals surface area contributed by atoms with Gasteiger partial charge in [-0.25, -0.2) is 4.79 Å². The molecular weight excluding hydrogens is 336 g/mol. The van der Waals surface area contributed by atoms with Crippen molar-refractivity contribution in [2.45, 2.75) is 36.9 Å². The van der Waals surface area contributed by atoms with Crippen LogP contribution in [0.25, 0.3) is 10.8 Å². The molecule has 4 heteroatoms. The molecule has 0 saturated heterocycles. The van der Waals surface area contributed by atoms with E-state index in [1.807, 2.05) is 36.4 Å². The summed E-state index contributed by atoms with van der Waals surface area (Å²) in [6.07, 6.45) is 0.991. The van der Waals surface area contributed by atoms with Gasteiger partial charge in [-0.1, -0.05) is 66.7 Å². The van der Waals surface area contributed by atoms with Crippen molar-refractivity contribution in [3.63, 3.8) is 0 Å². The lowest BCUT2D eigenvalue weighted by atomic mass is 10.0. The van der Waals surface area contributed by atoms with Gasteiger partial charge in [-0.3, -0.25) is 0 Å². The monoisotopic (exact) mass is 358 g/mol. The van der Waals surface area contributed by atoms with Crippen LogP contribution in [0.15, 0.2) is 66.7 Å². The lowest BCUT2D eigenvalue weighted by molar-refractivity contribution is 0.143. The third kappa shape index (κ3) is 3.06. The largest absolute Gasteiger partial charge is 0.386 e. The molecule has 4 atom stereocenters. The number of nitrogens with one attached hydrogen (secondary N) is 2. The van der Waals surface area contributed by atoms with Crippen molar-refractivity contribution in [2.24, 2.45) is 0 Å². The number of amides is 2. The third-order valence-corrected chi connectivity index (χ3v) is 5.82. The van der Waals surface area contributed by atoms with E-state index in [4.69, 9.17) is 0 Å². The maximum absolute atomic E-state index is 12.4. The highest BCUT2D eigenvalue weighted by molar-refractivity contribution is 5.83. The van der Waals surface area contributed by atoms with Gasteiger partial charge in [-0.05, 0) is 40.3 Å². The summed E-state index contributed by atoms with van der Waals surface area (Å²) in [4.78, 5) is 12.4. The van der Waals surface area contributed by atoms with E-state index in [0.717, 1.165) is 17.5 Å². The minimum atomic E-state index is -0.637. The molecule has 3 N–H and O–H groups in total. The highest BCUT2D eigenvalue weighted by atomic mass is 16.3. The molecule has 4 nitrogen and oxygen atoms in total. The fourth-order valence-electron chi connectivity index (χ4n) is 4.24. The Bertz CT molecular complexity index is 1020. The van der Waals surface area contributed by atoms with Crippen LogP contribution < -0.4 is 10.6 Å². The molecule has 27 heavy (non-hydrogen) atoms. The van der Waals surface area contributed by atoms with Gasteiger partial charge in [0.1, 0.15) is 0 Å². The molecule has 0 aromatic heterocycles. The van der Waals surface area contributed by atoms with Crippen molar-refractivity contribution in [3.8, 4) is 0 Å². The average molecular weight is 358 g/mol. The molecule has 0 unspecified atom stereocenters. The van der Waals surface area contributed by atoms with E-state index in [-0.39, 0.29) is 18.1 Å². The second-order valence-corrected chi connectivity index (χ2v) is 7.63. The minimum absolute atomic E-state index is 0.159. The molecule has 5 rings (SSSR count). The number of carbonyl (C=O) groups is 1. The molecule has 2 aliphatic rings. The van der Waals surface area contributed by atoms with E-state index in [2.05, 4.69) is 41.0 Å². The van der Waals surface area contributed by atoms with Gasteiger partial charge in [0, 0.05) is 12.0 Å². The van der Waals surface area contributed by atoms with Gasteiger partial charge in [0.2, 0.25) is 0 Å². The molecule has 2 aliphatic carbocycles. The van der Waals surface area contributed by atoms with Crippen LogP contribution in [0.2, 0.25) is 0 Å². The highest BCUT2D eigenvalue weighted by Crippen LogP contribution is 2.41. The fraction of sp³-hybridized carbons (Fsp3) is 0.261. The van der Waals surface area contributed by atoms with Crippen molar-refractivity contribution in [3.05, 3.63) is 83.4 Å². The second kappa shape index (κ2) is 6.39.